The topological polar surface area (TPSA) is 50.8 Å². The molecule has 0 aromatic heterocycles. The van der Waals surface area contributed by atoms with Crippen LogP contribution in [0.3, 0.4) is 0 Å². The molecule has 4 aliphatic rings. The fourth-order valence-corrected chi connectivity index (χ4v) is 4.28. The van der Waals surface area contributed by atoms with Gasteiger partial charge in [-0.05, 0) is 50.2 Å². The fraction of sp³-hybridized carbons (Fsp3) is 0.650. The summed E-state index contributed by atoms with van der Waals surface area (Å²) in [5.74, 6) is 0.729. The SMILES string of the molecule is C[C@@H](N[C@@H]1CCCN2C(=O)COc3ccccc3C3CC(C3)O[C@@H]12)C(F)(F)F. The number of carbonyl (C=O) groups is 1. The second-order valence-corrected chi connectivity index (χ2v) is 7.91. The third-order valence-corrected chi connectivity index (χ3v) is 5.98. The highest BCUT2D eigenvalue weighted by atomic mass is 19.4. The molecule has 3 atom stereocenters. The van der Waals surface area contributed by atoms with Crippen molar-refractivity contribution in [2.24, 2.45) is 0 Å². The average molecular weight is 398 g/mol. The van der Waals surface area contributed by atoms with Crippen LogP contribution in [-0.4, -0.2) is 54.6 Å². The maximum atomic E-state index is 13.1. The molecule has 5 nitrogen and oxygen atoms in total. The van der Waals surface area contributed by atoms with Gasteiger partial charge in [0.1, 0.15) is 18.0 Å². The van der Waals surface area contributed by atoms with Crippen LogP contribution in [0.4, 0.5) is 13.2 Å². The molecule has 1 amide bonds. The highest BCUT2D eigenvalue weighted by Gasteiger charge is 2.44. The van der Waals surface area contributed by atoms with Gasteiger partial charge in [0.25, 0.3) is 5.91 Å². The molecule has 3 heterocycles. The van der Waals surface area contributed by atoms with Crippen molar-refractivity contribution in [3.8, 4) is 5.75 Å². The van der Waals surface area contributed by atoms with Gasteiger partial charge < -0.3 is 14.4 Å². The van der Waals surface area contributed by atoms with E-state index in [1.54, 1.807) is 4.90 Å². The highest BCUT2D eigenvalue weighted by Crippen LogP contribution is 2.44. The number of alkyl halides is 3. The van der Waals surface area contributed by atoms with Gasteiger partial charge in [-0.3, -0.25) is 10.1 Å². The summed E-state index contributed by atoms with van der Waals surface area (Å²) in [6, 6.07) is 5.46. The van der Waals surface area contributed by atoms with Gasteiger partial charge in [-0.2, -0.15) is 13.2 Å². The monoisotopic (exact) mass is 398 g/mol. The van der Waals surface area contributed by atoms with Crippen LogP contribution in [0.5, 0.6) is 5.75 Å². The summed E-state index contributed by atoms with van der Waals surface area (Å²) >= 11 is 0. The Hall–Kier alpha value is -1.80. The highest BCUT2D eigenvalue weighted by molar-refractivity contribution is 5.78. The van der Waals surface area contributed by atoms with Crippen LogP contribution < -0.4 is 10.1 Å². The van der Waals surface area contributed by atoms with E-state index >= 15 is 0 Å². The van der Waals surface area contributed by atoms with Gasteiger partial charge in [0, 0.05) is 6.54 Å². The number of para-hydroxylation sites is 1. The Kier molecular flexibility index (Phi) is 5.26. The minimum Gasteiger partial charge on any atom is -0.483 e. The van der Waals surface area contributed by atoms with Gasteiger partial charge in [-0.1, -0.05) is 18.2 Å². The number of benzene rings is 1. The summed E-state index contributed by atoms with van der Waals surface area (Å²) in [4.78, 5) is 14.4. The van der Waals surface area contributed by atoms with Crippen molar-refractivity contribution in [1.29, 1.82) is 0 Å². The first-order chi connectivity index (χ1) is 13.3. The van der Waals surface area contributed by atoms with Gasteiger partial charge in [0.05, 0.1) is 12.1 Å². The first-order valence-electron chi connectivity index (χ1n) is 9.82. The fourth-order valence-electron chi connectivity index (χ4n) is 4.28. The molecule has 1 aromatic carbocycles. The van der Waals surface area contributed by atoms with E-state index in [1.165, 1.54) is 0 Å². The molecule has 28 heavy (non-hydrogen) atoms. The number of ether oxygens (including phenoxy) is 2. The number of amides is 1. The molecule has 3 aliphatic heterocycles. The normalized spacial score (nSPS) is 31.6. The summed E-state index contributed by atoms with van der Waals surface area (Å²) in [5.41, 5.74) is 1.07. The van der Waals surface area contributed by atoms with E-state index in [2.05, 4.69) is 5.32 Å². The standard InChI is InChI=1S/C20H25F3N2O3/c1-12(20(21,22)23)24-16-6-4-8-25-18(26)11-27-17-7-3-2-5-15(17)13-9-14(10-13)28-19(16)25/h2-3,5,7,12-14,16,19,24H,4,6,8-11H2,1H3/t12-,13?,14?,16-,19+/m1/s1. The number of halogens is 3. The lowest BCUT2D eigenvalue weighted by Gasteiger charge is -2.46. The molecule has 1 saturated heterocycles. The zero-order valence-electron chi connectivity index (χ0n) is 15.7. The quantitative estimate of drug-likeness (QED) is 0.831. The van der Waals surface area contributed by atoms with Crippen molar-refractivity contribution in [3.05, 3.63) is 29.8 Å². The summed E-state index contributed by atoms with van der Waals surface area (Å²) in [6.45, 7) is 1.42. The smallest absolute Gasteiger partial charge is 0.403 e. The molecule has 2 bridgehead atoms. The largest absolute Gasteiger partial charge is 0.483 e. The molecule has 1 aliphatic carbocycles. The average Bonchev–Trinajstić information content (AvgIpc) is 2.65. The molecule has 2 fully saturated rings. The predicted molar refractivity (Wildman–Crippen MR) is 96.0 cm³/mol. The maximum Gasteiger partial charge on any atom is 0.403 e. The molecule has 5 rings (SSSR count). The van der Waals surface area contributed by atoms with Crippen molar-refractivity contribution < 1.29 is 27.4 Å². The van der Waals surface area contributed by atoms with Crippen LogP contribution in [0.1, 0.15) is 44.1 Å². The van der Waals surface area contributed by atoms with Crippen LogP contribution >= 0.6 is 0 Å². The number of nitrogens with zero attached hydrogens (tertiary/aromatic N) is 1. The zero-order valence-corrected chi connectivity index (χ0v) is 15.7. The third-order valence-electron chi connectivity index (χ3n) is 5.98. The van der Waals surface area contributed by atoms with Gasteiger partial charge in [0.2, 0.25) is 0 Å². The number of fused-ring (bicyclic) bond motifs is 2. The first-order valence-corrected chi connectivity index (χ1v) is 9.82. The molecule has 1 saturated carbocycles. The van der Waals surface area contributed by atoms with Gasteiger partial charge in [-0.25, -0.2) is 0 Å². The number of hydrogen-bond donors (Lipinski definition) is 1. The Morgan fingerprint density at radius 2 is 2.00 bits per heavy atom. The summed E-state index contributed by atoms with van der Waals surface area (Å²) < 4.78 is 51.1. The van der Waals surface area contributed by atoms with Crippen LogP contribution in [0.2, 0.25) is 0 Å². The van der Waals surface area contributed by atoms with E-state index in [4.69, 9.17) is 9.47 Å². The van der Waals surface area contributed by atoms with Crippen LogP contribution in [0.25, 0.3) is 0 Å². The third kappa shape index (κ3) is 3.85. The summed E-state index contributed by atoms with van der Waals surface area (Å²) in [5, 5.41) is 2.65. The first kappa shape index (κ1) is 19.5. The Labute approximate surface area is 162 Å². The van der Waals surface area contributed by atoms with Gasteiger partial charge in [0.15, 0.2) is 6.61 Å². The van der Waals surface area contributed by atoms with Crippen molar-refractivity contribution in [3.63, 3.8) is 0 Å². The molecule has 154 valence electrons. The molecule has 0 radical (unpaired) electrons. The van der Waals surface area contributed by atoms with Crippen molar-refractivity contribution >= 4 is 5.91 Å². The molecule has 1 N–H and O–H groups in total. The lowest BCUT2D eigenvalue weighted by molar-refractivity contribution is -0.185. The lowest BCUT2D eigenvalue weighted by Crippen LogP contribution is -2.62. The number of piperidine rings is 1. The van der Waals surface area contributed by atoms with Crippen LogP contribution in [0, 0.1) is 0 Å². The van der Waals surface area contributed by atoms with E-state index in [0.717, 1.165) is 25.3 Å². The summed E-state index contributed by atoms with van der Waals surface area (Å²) in [6.07, 6.45) is -2.40. The number of hydrogen-bond acceptors (Lipinski definition) is 4. The minimum absolute atomic E-state index is 0.0694. The Morgan fingerprint density at radius 1 is 1.25 bits per heavy atom. The maximum absolute atomic E-state index is 13.1. The second kappa shape index (κ2) is 7.55. The van der Waals surface area contributed by atoms with E-state index in [-0.39, 0.29) is 24.5 Å². The number of rotatable bonds is 2. The van der Waals surface area contributed by atoms with E-state index in [0.29, 0.717) is 25.1 Å². The van der Waals surface area contributed by atoms with Crippen LogP contribution in [-0.2, 0) is 9.53 Å². The Bertz CT molecular complexity index is 721. The molecular formula is C20H25F3N2O3. The predicted octanol–water partition coefficient (Wildman–Crippen LogP) is 3.20. The summed E-state index contributed by atoms with van der Waals surface area (Å²) in [7, 11) is 0. The number of carbonyl (C=O) groups excluding carboxylic acids is 1. The molecule has 0 spiro atoms. The van der Waals surface area contributed by atoms with Crippen molar-refractivity contribution in [2.75, 3.05) is 13.2 Å². The molecule has 1 aromatic rings. The molecular weight excluding hydrogens is 373 g/mol. The van der Waals surface area contributed by atoms with Gasteiger partial charge >= 0.3 is 6.18 Å². The molecule has 0 unspecified atom stereocenters. The van der Waals surface area contributed by atoms with Crippen molar-refractivity contribution in [2.45, 2.75) is 69.1 Å². The van der Waals surface area contributed by atoms with Gasteiger partial charge in [-0.15, -0.1) is 0 Å². The van der Waals surface area contributed by atoms with E-state index in [9.17, 15) is 18.0 Å². The second-order valence-electron chi connectivity index (χ2n) is 7.91. The molecule has 8 heteroatoms. The zero-order chi connectivity index (χ0) is 19.9. The minimum atomic E-state index is -4.34. The Balaban J connectivity index is 1.56. The Morgan fingerprint density at radius 3 is 2.75 bits per heavy atom. The number of nitrogens with one attached hydrogen (secondary N) is 1. The lowest BCUT2D eigenvalue weighted by atomic mass is 9.77. The van der Waals surface area contributed by atoms with E-state index < -0.39 is 24.5 Å². The van der Waals surface area contributed by atoms with E-state index in [1.807, 2.05) is 24.3 Å². The van der Waals surface area contributed by atoms with Crippen LogP contribution in [0.15, 0.2) is 24.3 Å². The van der Waals surface area contributed by atoms with Crippen molar-refractivity contribution in [1.82, 2.24) is 10.2 Å².